The molecule has 0 unspecified atom stereocenters. The summed E-state index contributed by atoms with van der Waals surface area (Å²) in [7, 11) is 0.422. The second kappa shape index (κ2) is 9.01. The van der Waals surface area contributed by atoms with Crippen molar-refractivity contribution in [3.05, 3.63) is 64.8 Å². The first-order chi connectivity index (χ1) is 15.7. The van der Waals surface area contributed by atoms with E-state index in [2.05, 4.69) is 73.2 Å². The summed E-state index contributed by atoms with van der Waals surface area (Å²) in [5.74, 6) is -1.60. The monoisotopic (exact) mass is 450 g/mol. The standard InChI is InChI=1S/C29H43N2Si/c1-19(2)23-16-25(20(3)4)28(26(17-23)21(5)6)31-18-27(32(9,10)11)30(8)29(31)24-15-13-12-14-22(24)7/h12-21H,1-11H3/q+1/i19D,20D,21D. The van der Waals surface area contributed by atoms with E-state index >= 15 is 0 Å². The Labute approximate surface area is 201 Å². The summed E-state index contributed by atoms with van der Waals surface area (Å²) in [4.78, 5) is 0. The number of hydrogen-bond acceptors (Lipinski definition) is 0. The zero-order valence-corrected chi connectivity index (χ0v) is 22.9. The average Bonchev–Trinajstić information content (AvgIpc) is 3.02. The van der Waals surface area contributed by atoms with Gasteiger partial charge < -0.3 is 0 Å². The Morgan fingerprint density at radius 2 is 1.41 bits per heavy atom. The van der Waals surface area contributed by atoms with E-state index in [9.17, 15) is 0 Å². The van der Waals surface area contributed by atoms with Crippen molar-refractivity contribution >= 4 is 13.4 Å². The molecule has 3 aromatic rings. The number of rotatable bonds is 6. The van der Waals surface area contributed by atoms with Crippen molar-refractivity contribution in [2.75, 3.05) is 0 Å². The van der Waals surface area contributed by atoms with Crippen LogP contribution < -0.4 is 9.88 Å². The topological polar surface area (TPSA) is 8.81 Å². The molecular weight excluding hydrogens is 404 g/mol. The van der Waals surface area contributed by atoms with Crippen LogP contribution in [0.2, 0.25) is 19.6 Å². The van der Waals surface area contributed by atoms with Gasteiger partial charge >= 0.3 is 0 Å². The Morgan fingerprint density at radius 3 is 1.84 bits per heavy atom. The van der Waals surface area contributed by atoms with Gasteiger partial charge in [-0.1, -0.05) is 91.5 Å². The normalized spacial score (nSPS) is 14.8. The van der Waals surface area contributed by atoms with Gasteiger partial charge in [0.1, 0.15) is 25.3 Å². The SMILES string of the molecule is [2H]C(C)(C)c1cc(C([2H])(C)C)c(-[n+]2cc([Si](C)(C)C)n(C)c2-c2ccccc2C)c(C([2H])(C)C)c1. The number of imidazole rings is 1. The Balaban J connectivity index is 2.62. The van der Waals surface area contributed by atoms with Crippen molar-refractivity contribution in [2.24, 2.45) is 7.05 Å². The van der Waals surface area contributed by atoms with Gasteiger partial charge in [0, 0.05) is 15.2 Å². The fraction of sp³-hybridized carbons (Fsp3) is 0.483. The molecule has 32 heavy (non-hydrogen) atoms. The molecule has 172 valence electrons. The third-order valence-corrected chi connectivity index (χ3v) is 8.32. The quantitative estimate of drug-likeness (QED) is 0.277. The van der Waals surface area contributed by atoms with Crippen LogP contribution in [0.5, 0.6) is 0 Å². The zero-order valence-electron chi connectivity index (χ0n) is 24.9. The maximum atomic E-state index is 9.13. The summed E-state index contributed by atoms with van der Waals surface area (Å²) in [6, 6.07) is 12.5. The van der Waals surface area contributed by atoms with E-state index in [1.807, 2.05) is 53.7 Å². The van der Waals surface area contributed by atoms with E-state index in [4.69, 9.17) is 4.11 Å². The van der Waals surface area contributed by atoms with Crippen molar-refractivity contribution in [3.8, 4) is 17.1 Å². The van der Waals surface area contributed by atoms with Gasteiger partial charge in [0.15, 0.2) is 0 Å². The highest BCUT2D eigenvalue weighted by atomic mass is 28.3. The van der Waals surface area contributed by atoms with E-state index in [0.717, 1.165) is 33.8 Å². The first-order valence-electron chi connectivity index (χ1n) is 13.1. The summed E-state index contributed by atoms with van der Waals surface area (Å²) in [6.07, 6.45) is 2.25. The highest BCUT2D eigenvalue weighted by Gasteiger charge is 2.35. The molecule has 2 aromatic carbocycles. The van der Waals surface area contributed by atoms with E-state index in [0.29, 0.717) is 0 Å². The van der Waals surface area contributed by atoms with Crippen molar-refractivity contribution in [3.63, 3.8) is 0 Å². The van der Waals surface area contributed by atoms with Crippen LogP contribution in [0.3, 0.4) is 0 Å². The second-order valence-electron chi connectivity index (χ2n) is 10.8. The summed E-state index contributed by atoms with van der Waals surface area (Å²) in [5.41, 5.74) is 5.76. The number of aromatic nitrogens is 2. The van der Waals surface area contributed by atoms with Crippen molar-refractivity contribution < 1.29 is 8.68 Å². The van der Waals surface area contributed by atoms with E-state index in [-0.39, 0.29) is 0 Å². The molecule has 2 nitrogen and oxygen atoms in total. The molecule has 0 atom stereocenters. The van der Waals surface area contributed by atoms with Crippen LogP contribution in [0.25, 0.3) is 17.1 Å². The van der Waals surface area contributed by atoms with Gasteiger partial charge in [-0.25, -0.2) is 4.57 Å². The van der Waals surface area contributed by atoms with Gasteiger partial charge in [0.05, 0.1) is 12.6 Å². The third kappa shape index (κ3) is 4.50. The fourth-order valence-corrected chi connectivity index (χ4v) is 6.12. The Bertz CT molecular complexity index is 1210. The Kier molecular flexibility index (Phi) is 5.77. The number of nitrogens with zero attached hydrogens (tertiary/aromatic N) is 2. The van der Waals surface area contributed by atoms with E-state index < -0.39 is 25.8 Å². The van der Waals surface area contributed by atoms with Crippen LogP contribution in [0.15, 0.2) is 42.6 Å². The average molecular weight is 451 g/mol. The fourth-order valence-electron chi connectivity index (χ4n) is 4.49. The first-order valence-corrected chi connectivity index (χ1v) is 15.1. The van der Waals surface area contributed by atoms with Gasteiger partial charge in [-0.2, -0.15) is 4.57 Å². The van der Waals surface area contributed by atoms with Crippen molar-refractivity contribution in [1.82, 2.24) is 4.57 Å². The molecule has 0 aliphatic rings. The second-order valence-corrected chi connectivity index (χ2v) is 15.8. The summed E-state index contributed by atoms with van der Waals surface area (Å²) < 4.78 is 31.6. The molecule has 0 N–H and O–H groups in total. The summed E-state index contributed by atoms with van der Waals surface area (Å²) >= 11 is 0. The molecule has 0 saturated heterocycles. The lowest BCUT2D eigenvalue weighted by molar-refractivity contribution is -0.583. The molecule has 0 aliphatic carbocycles. The van der Waals surface area contributed by atoms with Crippen LogP contribution in [-0.4, -0.2) is 12.6 Å². The summed E-state index contributed by atoms with van der Waals surface area (Å²) in [6.45, 7) is 20.6. The van der Waals surface area contributed by atoms with Gasteiger partial charge in [-0.3, -0.25) is 0 Å². The molecular formula is C29H43N2Si+. The molecule has 1 heterocycles. The molecule has 1 aromatic heterocycles. The lowest BCUT2D eigenvalue weighted by Gasteiger charge is -2.21. The minimum atomic E-state index is -1.72. The van der Waals surface area contributed by atoms with Crippen molar-refractivity contribution in [2.45, 2.75) is 85.8 Å². The number of hydrogen-bond donors (Lipinski definition) is 0. The predicted molar refractivity (Wildman–Crippen MR) is 142 cm³/mol. The van der Waals surface area contributed by atoms with Gasteiger partial charge in [0.25, 0.3) is 5.82 Å². The zero-order chi connectivity index (χ0) is 26.7. The number of aryl methyl sites for hydroxylation is 1. The van der Waals surface area contributed by atoms with Gasteiger partial charge in [-0.05, 0) is 41.8 Å². The molecule has 0 spiro atoms. The molecule has 0 saturated carbocycles. The largest absolute Gasteiger partial charge is 0.293 e. The van der Waals surface area contributed by atoms with E-state index in [1.165, 1.54) is 10.9 Å². The highest BCUT2D eigenvalue weighted by molar-refractivity contribution is 6.88. The van der Waals surface area contributed by atoms with Gasteiger partial charge in [0.2, 0.25) is 0 Å². The van der Waals surface area contributed by atoms with Crippen LogP contribution in [-0.2, 0) is 7.05 Å². The molecule has 0 radical (unpaired) electrons. The molecule has 3 rings (SSSR count). The van der Waals surface area contributed by atoms with Crippen LogP contribution in [0.1, 0.15) is 85.6 Å². The van der Waals surface area contributed by atoms with Gasteiger partial charge in [-0.15, -0.1) is 0 Å². The first kappa shape index (κ1) is 20.5. The smallest absolute Gasteiger partial charge is 0.234 e. The molecule has 0 aliphatic heterocycles. The van der Waals surface area contributed by atoms with Crippen molar-refractivity contribution in [1.29, 1.82) is 0 Å². The molecule has 0 amide bonds. The minimum absolute atomic E-state index is 0.831. The minimum Gasteiger partial charge on any atom is -0.234 e. The maximum absolute atomic E-state index is 9.13. The Morgan fingerprint density at radius 1 is 0.875 bits per heavy atom. The molecule has 0 bridgehead atoms. The van der Waals surface area contributed by atoms with Crippen LogP contribution >= 0.6 is 0 Å². The van der Waals surface area contributed by atoms with Crippen LogP contribution in [0.4, 0.5) is 0 Å². The molecule has 3 heteroatoms. The highest BCUT2D eigenvalue weighted by Crippen LogP contribution is 2.34. The van der Waals surface area contributed by atoms with E-state index in [1.54, 1.807) is 0 Å². The van der Waals surface area contributed by atoms with Crippen LogP contribution in [0, 0.1) is 6.92 Å². The number of benzene rings is 2. The predicted octanol–water partition coefficient (Wildman–Crippen LogP) is 7.19. The lowest BCUT2D eigenvalue weighted by atomic mass is 9.87. The Hall–Kier alpha value is -2.13. The third-order valence-electron chi connectivity index (χ3n) is 6.32. The maximum Gasteiger partial charge on any atom is 0.293 e. The summed E-state index contributed by atoms with van der Waals surface area (Å²) in [5, 5.41) is 1.31. The lowest BCUT2D eigenvalue weighted by Crippen LogP contribution is -2.43. The molecule has 0 fully saturated rings.